The minimum absolute atomic E-state index is 0.0391. The van der Waals surface area contributed by atoms with Crippen molar-refractivity contribution in [1.82, 2.24) is 5.32 Å². The number of fused-ring (bicyclic) bond motifs is 3. The molecule has 1 aliphatic rings. The Morgan fingerprint density at radius 2 is 1.56 bits per heavy atom. The molecular weight excluding hydrogens is 430 g/mol. The second kappa shape index (κ2) is 10.1. The minimum atomic E-state index is -1.04. The number of nitrogens with one attached hydrogen (secondary N) is 1. The largest absolute Gasteiger partial charge is 0.467 e. The van der Waals surface area contributed by atoms with Crippen molar-refractivity contribution in [1.29, 1.82) is 0 Å². The van der Waals surface area contributed by atoms with Gasteiger partial charge in [-0.05, 0) is 54.8 Å². The highest BCUT2D eigenvalue weighted by Crippen LogP contribution is 2.44. The van der Waals surface area contributed by atoms with Crippen LogP contribution in [0.2, 0.25) is 0 Å². The number of benzene rings is 2. The van der Waals surface area contributed by atoms with E-state index in [0.717, 1.165) is 34.0 Å². The first-order valence-electron chi connectivity index (χ1n) is 10.2. The molecule has 0 saturated carbocycles. The van der Waals surface area contributed by atoms with Gasteiger partial charge in [0.25, 0.3) is 0 Å². The normalized spacial score (nSPS) is 13.5. The Balaban J connectivity index is 1.58. The number of amides is 1. The van der Waals surface area contributed by atoms with Crippen LogP contribution in [0.15, 0.2) is 48.5 Å². The maximum absolute atomic E-state index is 12.4. The molecule has 32 heavy (non-hydrogen) atoms. The molecule has 0 saturated heterocycles. The molecule has 1 amide bonds. The predicted octanol–water partition coefficient (Wildman–Crippen LogP) is 4.74. The highest BCUT2D eigenvalue weighted by atomic mass is 32.2. The molecule has 1 aliphatic carbocycles. The molecule has 0 bridgehead atoms. The molecule has 0 radical (unpaired) electrons. The zero-order valence-electron chi connectivity index (χ0n) is 18.5. The van der Waals surface area contributed by atoms with Gasteiger partial charge in [-0.15, -0.1) is 0 Å². The second-order valence-electron chi connectivity index (χ2n) is 8.32. The fraction of sp³-hybridized carbons (Fsp3) is 0.375. The number of hydrogen-bond donors (Lipinski definition) is 1. The molecule has 170 valence electrons. The van der Waals surface area contributed by atoms with E-state index in [1.54, 1.807) is 20.8 Å². The Labute approximate surface area is 191 Å². The van der Waals surface area contributed by atoms with Gasteiger partial charge in [0.15, 0.2) is 0 Å². The number of esters is 1. The number of carbonyl (C=O) groups is 3. The van der Waals surface area contributed by atoms with Gasteiger partial charge >= 0.3 is 17.4 Å². The summed E-state index contributed by atoms with van der Waals surface area (Å²) in [5.74, 6) is -0.763. The zero-order chi connectivity index (χ0) is 23.3. The van der Waals surface area contributed by atoms with Crippen LogP contribution in [0.5, 0.6) is 0 Å². The number of alkyl carbamates (subject to hydrolysis) is 1. The summed E-state index contributed by atoms with van der Waals surface area (Å²) < 4.78 is 15.4. The third-order valence-electron chi connectivity index (χ3n) is 4.87. The number of carbonyl (C=O) groups excluding carboxylic acids is 3. The summed E-state index contributed by atoms with van der Waals surface area (Å²) >= 11 is 0.802. The van der Waals surface area contributed by atoms with E-state index >= 15 is 0 Å². The number of thioether (sulfide) groups is 1. The lowest BCUT2D eigenvalue weighted by molar-refractivity contribution is -0.142. The van der Waals surface area contributed by atoms with Crippen LogP contribution in [0.4, 0.5) is 9.59 Å². The summed E-state index contributed by atoms with van der Waals surface area (Å²) in [5, 5.41) is 1.90. The number of ether oxygens (including phenoxy) is 3. The van der Waals surface area contributed by atoms with Crippen molar-refractivity contribution in [2.24, 2.45) is 0 Å². The van der Waals surface area contributed by atoms with Gasteiger partial charge in [0.05, 0.1) is 7.11 Å². The van der Waals surface area contributed by atoms with Gasteiger partial charge in [-0.25, -0.2) is 14.4 Å². The zero-order valence-corrected chi connectivity index (χ0v) is 19.4. The number of methoxy groups -OCH3 is 1. The lowest BCUT2D eigenvalue weighted by Gasteiger charge is -2.22. The molecule has 2 aromatic rings. The van der Waals surface area contributed by atoms with Crippen LogP contribution >= 0.6 is 11.8 Å². The molecule has 0 heterocycles. The topological polar surface area (TPSA) is 90.9 Å². The van der Waals surface area contributed by atoms with Gasteiger partial charge in [-0.1, -0.05) is 48.5 Å². The van der Waals surface area contributed by atoms with Gasteiger partial charge in [-0.3, -0.25) is 0 Å². The molecule has 3 rings (SSSR count). The summed E-state index contributed by atoms with van der Waals surface area (Å²) in [6, 6.07) is 15.1. The number of rotatable bonds is 6. The van der Waals surface area contributed by atoms with Crippen LogP contribution in [-0.2, 0) is 19.0 Å². The van der Waals surface area contributed by atoms with Gasteiger partial charge in [0, 0.05) is 11.7 Å². The third-order valence-corrected chi connectivity index (χ3v) is 5.73. The van der Waals surface area contributed by atoms with E-state index in [-0.39, 0.29) is 18.3 Å². The molecule has 1 atom stereocenters. The van der Waals surface area contributed by atoms with Crippen LogP contribution in [0.3, 0.4) is 0 Å². The molecule has 2 aromatic carbocycles. The Kier molecular flexibility index (Phi) is 7.45. The average Bonchev–Trinajstić information content (AvgIpc) is 3.07. The van der Waals surface area contributed by atoms with Crippen molar-refractivity contribution in [3.05, 3.63) is 59.7 Å². The first-order chi connectivity index (χ1) is 15.2. The third kappa shape index (κ3) is 5.82. The fourth-order valence-corrected chi connectivity index (χ4v) is 4.22. The smallest absolute Gasteiger partial charge is 0.408 e. The first kappa shape index (κ1) is 23.7. The van der Waals surface area contributed by atoms with Crippen LogP contribution in [0.1, 0.15) is 37.8 Å². The van der Waals surface area contributed by atoms with Crippen molar-refractivity contribution in [2.75, 3.05) is 19.5 Å². The average molecular weight is 458 g/mol. The van der Waals surface area contributed by atoms with E-state index in [1.807, 2.05) is 36.4 Å². The summed E-state index contributed by atoms with van der Waals surface area (Å²) in [6.45, 7) is 5.32. The van der Waals surface area contributed by atoms with Crippen LogP contribution in [0, 0.1) is 0 Å². The molecule has 0 unspecified atom stereocenters. The molecule has 0 spiro atoms. The van der Waals surface area contributed by atoms with E-state index in [4.69, 9.17) is 14.2 Å². The van der Waals surface area contributed by atoms with Gasteiger partial charge < -0.3 is 19.5 Å². The molecule has 0 aliphatic heterocycles. The Bertz CT molecular complexity index is 954. The van der Waals surface area contributed by atoms with Gasteiger partial charge in [0.2, 0.25) is 0 Å². The van der Waals surface area contributed by atoms with Crippen molar-refractivity contribution >= 4 is 29.1 Å². The van der Waals surface area contributed by atoms with Crippen LogP contribution in [0.25, 0.3) is 11.1 Å². The lowest BCUT2D eigenvalue weighted by Crippen LogP contribution is -2.45. The summed E-state index contributed by atoms with van der Waals surface area (Å²) in [5.41, 5.74) is 3.80. The van der Waals surface area contributed by atoms with Crippen molar-refractivity contribution in [3.8, 4) is 11.1 Å². The van der Waals surface area contributed by atoms with E-state index in [9.17, 15) is 14.4 Å². The maximum Gasteiger partial charge on any atom is 0.408 e. The summed E-state index contributed by atoms with van der Waals surface area (Å²) in [6.07, 6.45) is -0.763. The van der Waals surface area contributed by atoms with E-state index in [1.165, 1.54) is 7.11 Å². The highest BCUT2D eigenvalue weighted by molar-refractivity contribution is 8.13. The Morgan fingerprint density at radius 3 is 2.09 bits per heavy atom. The van der Waals surface area contributed by atoms with Crippen LogP contribution in [-0.4, -0.2) is 48.5 Å². The highest BCUT2D eigenvalue weighted by Gasteiger charge is 2.30. The molecule has 0 fully saturated rings. The summed E-state index contributed by atoms with van der Waals surface area (Å²) in [7, 11) is 1.21. The molecule has 8 heteroatoms. The van der Waals surface area contributed by atoms with Crippen LogP contribution < -0.4 is 5.32 Å². The van der Waals surface area contributed by atoms with Gasteiger partial charge in [0.1, 0.15) is 18.2 Å². The van der Waals surface area contributed by atoms with Crippen molar-refractivity contribution < 1.29 is 28.6 Å². The lowest BCUT2D eigenvalue weighted by atomic mass is 9.98. The van der Waals surface area contributed by atoms with Gasteiger partial charge in [-0.2, -0.15) is 0 Å². The van der Waals surface area contributed by atoms with E-state index in [0.29, 0.717) is 0 Å². The molecule has 1 N–H and O–H groups in total. The molecule has 7 nitrogen and oxygen atoms in total. The second-order valence-corrected chi connectivity index (χ2v) is 9.28. The molecular formula is C24H27NO6S. The quantitative estimate of drug-likeness (QED) is 0.495. The Hall–Kier alpha value is -3.00. The summed E-state index contributed by atoms with van der Waals surface area (Å²) in [4.78, 5) is 36.4. The number of hydrogen-bond acceptors (Lipinski definition) is 7. The monoisotopic (exact) mass is 457 g/mol. The standard InChI is InChI=1S/C24H27NO6S/c1-24(2,3)31-22(27)25-20(21(26)29-4)14-32-23(28)30-13-19-17-11-7-5-9-15(17)16-10-6-8-12-18(16)19/h5-12,19-20H,13-14H2,1-4H3,(H,25,27)/t20-/m0/s1. The van der Waals surface area contributed by atoms with Crippen molar-refractivity contribution in [3.63, 3.8) is 0 Å². The first-order valence-corrected chi connectivity index (χ1v) is 11.2. The predicted molar refractivity (Wildman–Crippen MR) is 123 cm³/mol. The SMILES string of the molecule is COC(=O)[C@H](CSC(=O)OCC1c2ccccc2-c2ccccc21)NC(=O)OC(C)(C)C. The molecule has 0 aromatic heterocycles. The maximum atomic E-state index is 12.4. The Morgan fingerprint density at radius 1 is 1.00 bits per heavy atom. The van der Waals surface area contributed by atoms with Crippen molar-refractivity contribution in [2.45, 2.75) is 38.3 Å². The minimum Gasteiger partial charge on any atom is -0.467 e. The fourth-order valence-electron chi connectivity index (χ4n) is 3.54. The van der Waals surface area contributed by atoms with E-state index < -0.39 is 29.0 Å². The van der Waals surface area contributed by atoms with E-state index in [2.05, 4.69) is 17.4 Å².